The van der Waals surface area contributed by atoms with Crippen LogP contribution >= 0.6 is 0 Å². The number of benzene rings is 1. The highest BCUT2D eigenvalue weighted by Gasteiger charge is 2.22. The molecule has 2 saturated heterocycles. The molecule has 2 N–H and O–H groups in total. The Morgan fingerprint density at radius 1 is 1.20 bits per heavy atom. The first-order valence-electron chi connectivity index (χ1n) is 11.8. The van der Waals surface area contributed by atoms with Crippen molar-refractivity contribution in [3.05, 3.63) is 35.9 Å². The maximum absolute atomic E-state index is 5.80. The van der Waals surface area contributed by atoms with Crippen molar-refractivity contribution in [2.75, 3.05) is 52.6 Å². The lowest BCUT2D eigenvalue weighted by Crippen LogP contribution is -2.43. The first-order chi connectivity index (χ1) is 14.8. The summed E-state index contributed by atoms with van der Waals surface area (Å²) >= 11 is 0. The average Bonchev–Trinajstić information content (AvgIpc) is 3.29. The van der Waals surface area contributed by atoms with Crippen LogP contribution in [0.1, 0.15) is 44.6 Å². The molecule has 0 aliphatic carbocycles. The Hall–Kier alpha value is -1.63. The lowest BCUT2D eigenvalue weighted by Gasteiger charge is -2.35. The highest BCUT2D eigenvalue weighted by molar-refractivity contribution is 5.79. The second-order valence-electron chi connectivity index (χ2n) is 8.41. The summed E-state index contributed by atoms with van der Waals surface area (Å²) in [5, 5.41) is 6.85. The second-order valence-corrected chi connectivity index (χ2v) is 8.41. The van der Waals surface area contributed by atoms with Gasteiger partial charge in [-0.2, -0.15) is 0 Å². The predicted octanol–water partition coefficient (Wildman–Crippen LogP) is 3.04. The summed E-state index contributed by atoms with van der Waals surface area (Å²) in [6, 6.07) is 11.3. The minimum atomic E-state index is 0.520. The summed E-state index contributed by atoms with van der Waals surface area (Å²) < 4.78 is 11.2. The summed E-state index contributed by atoms with van der Waals surface area (Å²) in [4.78, 5) is 7.51. The van der Waals surface area contributed by atoms with Gasteiger partial charge in [0.25, 0.3) is 0 Å². The van der Waals surface area contributed by atoms with E-state index in [1.165, 1.54) is 31.4 Å². The number of aliphatic imine (C=N–C) groups is 1. The number of ether oxygens (including phenoxy) is 2. The van der Waals surface area contributed by atoms with Crippen LogP contribution in [0, 0.1) is 5.92 Å². The molecule has 0 bridgehead atoms. The van der Waals surface area contributed by atoms with E-state index < -0.39 is 0 Å². The molecule has 0 radical (unpaired) electrons. The van der Waals surface area contributed by atoms with Gasteiger partial charge in [0.2, 0.25) is 0 Å². The molecule has 1 aromatic carbocycles. The molecule has 2 atom stereocenters. The van der Waals surface area contributed by atoms with E-state index in [0.29, 0.717) is 12.0 Å². The van der Waals surface area contributed by atoms with E-state index in [2.05, 4.69) is 52.8 Å². The molecule has 2 aliphatic heterocycles. The molecule has 6 nitrogen and oxygen atoms in total. The fourth-order valence-corrected chi connectivity index (χ4v) is 4.18. The molecule has 2 heterocycles. The fourth-order valence-electron chi connectivity index (χ4n) is 4.18. The van der Waals surface area contributed by atoms with Crippen molar-refractivity contribution in [1.29, 1.82) is 0 Å². The summed E-state index contributed by atoms with van der Waals surface area (Å²) in [6.07, 6.45) is 5.95. The van der Waals surface area contributed by atoms with Crippen molar-refractivity contribution < 1.29 is 9.47 Å². The van der Waals surface area contributed by atoms with E-state index in [9.17, 15) is 0 Å². The van der Waals surface area contributed by atoms with Crippen LogP contribution in [0.4, 0.5) is 0 Å². The summed E-state index contributed by atoms with van der Waals surface area (Å²) in [6.45, 7) is 10.3. The number of piperidine rings is 1. The molecule has 0 amide bonds. The first-order valence-corrected chi connectivity index (χ1v) is 11.8. The smallest absolute Gasteiger partial charge is 0.191 e. The Morgan fingerprint density at radius 2 is 2.10 bits per heavy atom. The maximum atomic E-state index is 5.80. The fraction of sp³-hybridized carbons (Fsp3) is 0.708. The molecule has 0 spiro atoms. The number of rotatable bonds is 11. The summed E-state index contributed by atoms with van der Waals surface area (Å²) in [5.41, 5.74) is 1.39. The topological polar surface area (TPSA) is 58.1 Å². The minimum absolute atomic E-state index is 0.520. The number of hydrogen-bond acceptors (Lipinski definition) is 4. The van der Waals surface area contributed by atoms with Crippen molar-refractivity contribution >= 4 is 5.96 Å². The van der Waals surface area contributed by atoms with Gasteiger partial charge in [0.15, 0.2) is 5.96 Å². The normalized spacial score (nSPS) is 22.9. The van der Waals surface area contributed by atoms with Crippen LogP contribution in [-0.2, 0) is 16.0 Å². The highest BCUT2D eigenvalue weighted by Crippen LogP contribution is 2.20. The Morgan fingerprint density at radius 3 is 2.90 bits per heavy atom. The van der Waals surface area contributed by atoms with Gasteiger partial charge >= 0.3 is 0 Å². The van der Waals surface area contributed by atoms with E-state index in [-0.39, 0.29) is 0 Å². The highest BCUT2D eigenvalue weighted by atomic mass is 16.5. The molecule has 3 rings (SSSR count). The van der Waals surface area contributed by atoms with E-state index >= 15 is 0 Å². The van der Waals surface area contributed by atoms with Crippen molar-refractivity contribution in [2.45, 2.75) is 51.6 Å². The quantitative estimate of drug-likeness (QED) is 0.330. The molecule has 2 fully saturated rings. The monoisotopic (exact) mass is 416 g/mol. The Bertz CT molecular complexity index is 604. The average molecular weight is 417 g/mol. The molecular formula is C24H40N4O2. The van der Waals surface area contributed by atoms with Crippen molar-refractivity contribution in [3.63, 3.8) is 0 Å². The van der Waals surface area contributed by atoms with Crippen LogP contribution in [0.15, 0.2) is 35.3 Å². The lowest BCUT2D eigenvalue weighted by molar-refractivity contribution is 0.0888. The van der Waals surface area contributed by atoms with Gasteiger partial charge in [0, 0.05) is 44.8 Å². The third-order valence-corrected chi connectivity index (χ3v) is 5.92. The number of nitrogens with zero attached hydrogens (tertiary/aromatic N) is 2. The van der Waals surface area contributed by atoms with Crippen molar-refractivity contribution in [2.24, 2.45) is 10.9 Å². The van der Waals surface area contributed by atoms with Crippen LogP contribution in [-0.4, -0.2) is 69.5 Å². The zero-order valence-electron chi connectivity index (χ0n) is 18.7. The molecule has 0 aromatic heterocycles. The third-order valence-electron chi connectivity index (χ3n) is 5.92. The molecule has 1 aromatic rings. The van der Waals surface area contributed by atoms with Gasteiger partial charge in [-0.25, -0.2) is 0 Å². The molecule has 2 unspecified atom stereocenters. The van der Waals surface area contributed by atoms with Crippen LogP contribution in [0.25, 0.3) is 0 Å². The van der Waals surface area contributed by atoms with E-state index in [1.54, 1.807) is 0 Å². The Balaban J connectivity index is 1.39. The van der Waals surface area contributed by atoms with Gasteiger partial charge in [-0.3, -0.25) is 9.89 Å². The number of guanidine groups is 1. The molecular weight excluding hydrogens is 376 g/mol. The van der Waals surface area contributed by atoms with Crippen LogP contribution in [0.5, 0.6) is 0 Å². The maximum Gasteiger partial charge on any atom is 0.191 e. The van der Waals surface area contributed by atoms with Crippen molar-refractivity contribution in [1.82, 2.24) is 15.5 Å². The third kappa shape index (κ3) is 8.25. The van der Waals surface area contributed by atoms with Gasteiger partial charge in [0.1, 0.15) is 0 Å². The lowest BCUT2D eigenvalue weighted by atomic mass is 10.0. The molecule has 30 heavy (non-hydrogen) atoms. The summed E-state index contributed by atoms with van der Waals surface area (Å²) in [7, 11) is 0. The van der Waals surface area contributed by atoms with Gasteiger partial charge in [-0.05, 0) is 44.7 Å². The van der Waals surface area contributed by atoms with Gasteiger partial charge in [0.05, 0.1) is 19.8 Å². The van der Waals surface area contributed by atoms with Crippen LogP contribution in [0.2, 0.25) is 0 Å². The molecule has 2 aliphatic rings. The minimum Gasteiger partial charge on any atom is -0.381 e. The van der Waals surface area contributed by atoms with Gasteiger partial charge in [-0.1, -0.05) is 36.8 Å². The van der Waals surface area contributed by atoms with Crippen molar-refractivity contribution in [3.8, 4) is 0 Å². The number of likely N-dealkylation sites (tertiary alicyclic amines) is 1. The number of hydrogen-bond donors (Lipinski definition) is 2. The summed E-state index contributed by atoms with van der Waals surface area (Å²) in [5.74, 6) is 1.51. The van der Waals surface area contributed by atoms with E-state index in [4.69, 9.17) is 14.5 Å². The predicted molar refractivity (Wildman–Crippen MR) is 123 cm³/mol. The van der Waals surface area contributed by atoms with Crippen LogP contribution < -0.4 is 10.6 Å². The van der Waals surface area contributed by atoms with Gasteiger partial charge in [-0.15, -0.1) is 0 Å². The zero-order valence-corrected chi connectivity index (χ0v) is 18.7. The number of nitrogens with one attached hydrogen (secondary N) is 2. The van der Waals surface area contributed by atoms with E-state index in [1.807, 2.05) is 0 Å². The zero-order chi connectivity index (χ0) is 20.9. The second kappa shape index (κ2) is 13.6. The molecule has 168 valence electrons. The van der Waals surface area contributed by atoms with Gasteiger partial charge < -0.3 is 20.1 Å². The standard InChI is InChI=1S/C24H40N4O2/c1-2-25-24(26-13-8-15-29-19-22-12-16-30-20-22)27-17-23-11-6-7-14-28(23)18-21-9-4-3-5-10-21/h3-5,9-10,22-23H,2,6-8,11-20H2,1H3,(H2,25,26,27). The van der Waals surface area contributed by atoms with E-state index in [0.717, 1.165) is 71.4 Å². The Kier molecular flexibility index (Phi) is 10.5. The molecule has 6 heteroatoms. The van der Waals surface area contributed by atoms with Crippen LogP contribution in [0.3, 0.4) is 0 Å². The molecule has 0 saturated carbocycles. The Labute approximate surface area is 182 Å². The SMILES string of the molecule is CCNC(=NCC1CCCCN1Cc1ccccc1)NCCCOCC1CCOC1. The largest absolute Gasteiger partial charge is 0.381 e. The first kappa shape index (κ1) is 23.0.